The third kappa shape index (κ3) is 1.75. The number of allylic oxidation sites excluding steroid dienone is 2. The van der Waals surface area contributed by atoms with Crippen molar-refractivity contribution < 1.29 is 28.6 Å². The van der Waals surface area contributed by atoms with Crippen LogP contribution in [0.15, 0.2) is 22.8 Å². The van der Waals surface area contributed by atoms with Crippen molar-refractivity contribution in [3.05, 3.63) is 22.8 Å². The molecule has 2 fully saturated rings. The van der Waals surface area contributed by atoms with Crippen LogP contribution in [0.4, 0.5) is 0 Å². The number of esters is 3. The molecular formula is C20H24O6. The van der Waals surface area contributed by atoms with Gasteiger partial charge in [0.25, 0.3) is 0 Å². The SMILES string of the molecule is COC(=O)C1(C(=O)OC)C=C2C(=C3CCCC[C@]34C[C@]24C(=O)OC)CC1. The lowest BCUT2D eigenvalue weighted by Crippen LogP contribution is -2.42. The highest BCUT2D eigenvalue weighted by Crippen LogP contribution is 2.82. The van der Waals surface area contributed by atoms with E-state index in [4.69, 9.17) is 14.2 Å². The number of hydrogen-bond acceptors (Lipinski definition) is 6. The molecule has 4 rings (SSSR count). The first-order chi connectivity index (χ1) is 12.4. The summed E-state index contributed by atoms with van der Waals surface area (Å²) in [5.74, 6) is -1.53. The van der Waals surface area contributed by atoms with Crippen molar-refractivity contribution in [3.63, 3.8) is 0 Å². The molecule has 0 aromatic heterocycles. The Hall–Kier alpha value is -2.11. The molecule has 26 heavy (non-hydrogen) atoms. The van der Waals surface area contributed by atoms with Gasteiger partial charge in [-0.1, -0.05) is 18.1 Å². The Balaban J connectivity index is 1.92. The highest BCUT2D eigenvalue weighted by atomic mass is 16.5. The summed E-state index contributed by atoms with van der Waals surface area (Å²) >= 11 is 0. The fourth-order valence-corrected chi connectivity index (χ4v) is 5.86. The second-order valence-corrected chi connectivity index (χ2v) is 7.83. The molecule has 0 radical (unpaired) electrons. The molecule has 4 aliphatic carbocycles. The van der Waals surface area contributed by atoms with Gasteiger partial charge in [-0.05, 0) is 49.7 Å². The van der Waals surface area contributed by atoms with Crippen LogP contribution in [0, 0.1) is 16.2 Å². The van der Waals surface area contributed by atoms with Gasteiger partial charge in [-0.15, -0.1) is 0 Å². The second kappa shape index (κ2) is 5.44. The number of methoxy groups -OCH3 is 3. The summed E-state index contributed by atoms with van der Waals surface area (Å²) in [6, 6.07) is 0. The molecule has 0 amide bonds. The van der Waals surface area contributed by atoms with E-state index in [2.05, 4.69) is 0 Å². The van der Waals surface area contributed by atoms with E-state index in [0.717, 1.165) is 43.3 Å². The van der Waals surface area contributed by atoms with Crippen molar-refractivity contribution in [1.82, 2.24) is 0 Å². The Bertz CT molecular complexity index is 759. The van der Waals surface area contributed by atoms with Gasteiger partial charge in [0.1, 0.15) is 5.41 Å². The lowest BCUT2D eigenvalue weighted by Gasteiger charge is -2.32. The van der Waals surface area contributed by atoms with Crippen molar-refractivity contribution in [2.75, 3.05) is 21.3 Å². The van der Waals surface area contributed by atoms with Crippen LogP contribution < -0.4 is 0 Å². The van der Waals surface area contributed by atoms with Crippen LogP contribution in [0.3, 0.4) is 0 Å². The van der Waals surface area contributed by atoms with Crippen molar-refractivity contribution in [3.8, 4) is 0 Å². The summed E-state index contributed by atoms with van der Waals surface area (Å²) < 4.78 is 15.0. The lowest BCUT2D eigenvalue weighted by molar-refractivity contribution is -0.166. The minimum absolute atomic E-state index is 0.165. The summed E-state index contributed by atoms with van der Waals surface area (Å²) in [4.78, 5) is 38.0. The standard InChI is InChI=1S/C20H24O6/c1-24-15(21)18(16(22)25-2)9-7-12-13-6-4-5-8-19(13)11-20(19,14(12)10-18)17(23)26-3/h10H,4-9,11H2,1-3H3/t19-,20+/m0/s1. The van der Waals surface area contributed by atoms with E-state index >= 15 is 0 Å². The molecule has 6 nitrogen and oxygen atoms in total. The van der Waals surface area contributed by atoms with Crippen LogP contribution in [0.25, 0.3) is 0 Å². The predicted molar refractivity (Wildman–Crippen MR) is 90.8 cm³/mol. The molecule has 2 atom stereocenters. The molecule has 6 heteroatoms. The number of carbonyl (C=O) groups excluding carboxylic acids is 3. The minimum Gasteiger partial charge on any atom is -0.468 e. The Morgan fingerprint density at radius 3 is 2.15 bits per heavy atom. The molecule has 0 saturated heterocycles. The largest absolute Gasteiger partial charge is 0.468 e. The highest BCUT2D eigenvalue weighted by molar-refractivity contribution is 6.04. The molecular weight excluding hydrogens is 336 g/mol. The molecule has 0 bridgehead atoms. The first-order valence-electron chi connectivity index (χ1n) is 9.15. The van der Waals surface area contributed by atoms with Crippen LogP contribution >= 0.6 is 0 Å². The Labute approximate surface area is 152 Å². The van der Waals surface area contributed by atoms with Crippen molar-refractivity contribution in [1.29, 1.82) is 0 Å². The maximum atomic E-state index is 12.8. The zero-order valence-electron chi connectivity index (χ0n) is 15.5. The fraction of sp³-hybridized carbons (Fsp3) is 0.650. The lowest BCUT2D eigenvalue weighted by atomic mass is 9.71. The van der Waals surface area contributed by atoms with Crippen LogP contribution in [-0.2, 0) is 28.6 Å². The number of fused-ring (bicyclic) bond motifs is 2. The van der Waals surface area contributed by atoms with Gasteiger partial charge in [0.15, 0.2) is 5.41 Å². The van der Waals surface area contributed by atoms with Gasteiger partial charge in [-0.25, -0.2) is 0 Å². The molecule has 0 aromatic carbocycles. The van der Waals surface area contributed by atoms with Gasteiger partial charge in [0, 0.05) is 5.41 Å². The van der Waals surface area contributed by atoms with E-state index in [9.17, 15) is 14.4 Å². The molecule has 0 unspecified atom stereocenters. The van der Waals surface area contributed by atoms with Gasteiger partial charge in [-0.3, -0.25) is 14.4 Å². The molecule has 0 aromatic rings. The summed E-state index contributed by atoms with van der Waals surface area (Å²) in [7, 11) is 3.94. The topological polar surface area (TPSA) is 78.9 Å². The summed E-state index contributed by atoms with van der Waals surface area (Å²) in [6.45, 7) is 0. The number of rotatable bonds is 3. The molecule has 1 spiro atoms. The van der Waals surface area contributed by atoms with E-state index in [1.165, 1.54) is 26.9 Å². The minimum atomic E-state index is -1.48. The van der Waals surface area contributed by atoms with Crippen molar-refractivity contribution in [2.45, 2.75) is 44.9 Å². The van der Waals surface area contributed by atoms with Crippen molar-refractivity contribution >= 4 is 17.9 Å². The monoisotopic (exact) mass is 360 g/mol. The average Bonchev–Trinajstić information content (AvgIpc) is 3.28. The molecule has 4 aliphatic rings. The van der Waals surface area contributed by atoms with Gasteiger partial charge in [-0.2, -0.15) is 0 Å². The van der Waals surface area contributed by atoms with Crippen molar-refractivity contribution in [2.24, 2.45) is 16.2 Å². The van der Waals surface area contributed by atoms with E-state index in [1.54, 1.807) is 6.08 Å². The third-order valence-corrected chi connectivity index (χ3v) is 7.06. The third-order valence-electron chi connectivity index (χ3n) is 7.06. The Kier molecular flexibility index (Phi) is 3.62. The molecule has 0 heterocycles. The fourth-order valence-electron chi connectivity index (χ4n) is 5.86. The Morgan fingerprint density at radius 1 is 0.885 bits per heavy atom. The first kappa shape index (κ1) is 17.3. The highest BCUT2D eigenvalue weighted by Gasteiger charge is 2.80. The normalized spacial score (nSPS) is 33.3. The van der Waals surface area contributed by atoms with Crippen LogP contribution in [0.5, 0.6) is 0 Å². The maximum absolute atomic E-state index is 12.8. The smallest absolute Gasteiger partial charge is 0.327 e. The zero-order chi connectivity index (χ0) is 18.7. The van der Waals surface area contributed by atoms with Gasteiger partial charge in [0.05, 0.1) is 21.3 Å². The Morgan fingerprint density at radius 2 is 1.54 bits per heavy atom. The van der Waals surface area contributed by atoms with Crippen LogP contribution in [0.1, 0.15) is 44.9 Å². The van der Waals surface area contributed by atoms with E-state index in [1.807, 2.05) is 0 Å². The molecule has 140 valence electrons. The summed E-state index contributed by atoms with van der Waals surface area (Å²) in [5.41, 5.74) is 0.931. The summed E-state index contributed by atoms with van der Waals surface area (Å²) in [5, 5.41) is 0. The molecule has 0 aliphatic heterocycles. The number of ether oxygens (including phenoxy) is 3. The van der Waals surface area contributed by atoms with Gasteiger partial charge < -0.3 is 14.2 Å². The summed E-state index contributed by atoms with van der Waals surface area (Å²) in [6.07, 6.45) is 7.41. The predicted octanol–water partition coefficient (Wildman–Crippen LogP) is 2.47. The first-order valence-corrected chi connectivity index (χ1v) is 9.15. The van der Waals surface area contributed by atoms with Crippen LogP contribution in [0.2, 0.25) is 0 Å². The number of carbonyl (C=O) groups is 3. The quantitative estimate of drug-likeness (QED) is 0.437. The molecule has 0 N–H and O–H groups in total. The van der Waals surface area contributed by atoms with Gasteiger partial charge in [0.2, 0.25) is 0 Å². The average molecular weight is 360 g/mol. The molecule has 2 saturated carbocycles. The second-order valence-electron chi connectivity index (χ2n) is 7.83. The van der Waals surface area contributed by atoms with E-state index in [0.29, 0.717) is 12.8 Å². The maximum Gasteiger partial charge on any atom is 0.327 e. The number of hydrogen-bond donors (Lipinski definition) is 0. The zero-order valence-corrected chi connectivity index (χ0v) is 15.5. The van der Waals surface area contributed by atoms with Crippen LogP contribution in [-0.4, -0.2) is 39.2 Å². The van der Waals surface area contributed by atoms with E-state index in [-0.39, 0.29) is 11.4 Å². The van der Waals surface area contributed by atoms with Gasteiger partial charge >= 0.3 is 17.9 Å². The van der Waals surface area contributed by atoms with E-state index < -0.39 is 22.8 Å².